The molecule has 0 rings (SSSR count). The van der Waals surface area contributed by atoms with Crippen molar-refractivity contribution in [3.8, 4) is 0 Å². The Kier molecular flexibility index (Phi) is 7.18. The Morgan fingerprint density at radius 3 is 2.00 bits per heavy atom. The van der Waals surface area contributed by atoms with E-state index in [1.54, 1.807) is 34.6 Å². The molecule has 0 bridgehead atoms. The predicted molar refractivity (Wildman–Crippen MR) is 80.8 cm³/mol. The largest absolute Gasteiger partial charge is 0.459 e. The first-order valence-corrected chi connectivity index (χ1v) is 8.72. The van der Waals surface area contributed by atoms with Gasteiger partial charge >= 0.3 is 5.97 Å². The molecule has 0 aliphatic heterocycles. The van der Waals surface area contributed by atoms with E-state index in [2.05, 4.69) is 4.72 Å². The Morgan fingerprint density at radius 2 is 1.65 bits per heavy atom. The van der Waals surface area contributed by atoms with Crippen LogP contribution in [0.1, 0.15) is 54.9 Å². The SMILES string of the molecule is CC(C)CCS(=O)(=O)N[C@H](C(=O)OC(C)(C)C)C(C)C. The van der Waals surface area contributed by atoms with Gasteiger partial charge in [0.2, 0.25) is 10.0 Å². The maximum atomic E-state index is 12.1. The van der Waals surface area contributed by atoms with Crippen molar-refractivity contribution in [2.75, 3.05) is 5.75 Å². The number of carbonyl (C=O) groups excluding carboxylic acids is 1. The summed E-state index contributed by atoms with van der Waals surface area (Å²) in [5.74, 6) is -0.374. The van der Waals surface area contributed by atoms with E-state index >= 15 is 0 Å². The molecule has 1 atom stereocenters. The quantitative estimate of drug-likeness (QED) is 0.733. The number of sulfonamides is 1. The lowest BCUT2D eigenvalue weighted by Crippen LogP contribution is -2.47. The molecule has 0 fully saturated rings. The minimum Gasteiger partial charge on any atom is -0.459 e. The van der Waals surface area contributed by atoms with Gasteiger partial charge in [0.15, 0.2) is 0 Å². The summed E-state index contributed by atoms with van der Waals surface area (Å²) in [6.45, 7) is 12.8. The molecule has 0 heterocycles. The van der Waals surface area contributed by atoms with Crippen LogP contribution >= 0.6 is 0 Å². The third kappa shape index (κ3) is 8.53. The standard InChI is InChI=1S/C14H29NO4S/c1-10(2)8-9-20(17,18)15-12(11(3)4)13(16)19-14(5,6)7/h10-12,15H,8-9H2,1-7H3/t12-/m0/s1. The molecule has 0 aromatic carbocycles. The lowest BCUT2D eigenvalue weighted by atomic mass is 10.1. The van der Waals surface area contributed by atoms with Crippen molar-refractivity contribution in [2.24, 2.45) is 11.8 Å². The van der Waals surface area contributed by atoms with Crippen LogP contribution in [0.5, 0.6) is 0 Å². The Labute approximate surface area is 123 Å². The van der Waals surface area contributed by atoms with Crippen LogP contribution in [0.3, 0.4) is 0 Å². The van der Waals surface area contributed by atoms with Crippen LogP contribution in [0, 0.1) is 11.8 Å². The van der Waals surface area contributed by atoms with Gasteiger partial charge < -0.3 is 4.74 Å². The molecule has 20 heavy (non-hydrogen) atoms. The average molecular weight is 307 g/mol. The highest BCUT2D eigenvalue weighted by Crippen LogP contribution is 2.13. The summed E-state index contributed by atoms with van der Waals surface area (Å²) in [6.07, 6.45) is 0.564. The fourth-order valence-electron chi connectivity index (χ4n) is 1.46. The molecule has 0 aliphatic carbocycles. The summed E-state index contributed by atoms with van der Waals surface area (Å²) < 4.78 is 31.7. The van der Waals surface area contributed by atoms with Crippen molar-refractivity contribution in [1.29, 1.82) is 0 Å². The molecule has 0 unspecified atom stereocenters. The molecule has 0 amide bonds. The van der Waals surface area contributed by atoms with E-state index in [-0.39, 0.29) is 11.7 Å². The fraction of sp³-hybridized carbons (Fsp3) is 0.929. The molecule has 0 radical (unpaired) electrons. The molecule has 1 N–H and O–H groups in total. The van der Waals surface area contributed by atoms with E-state index in [4.69, 9.17) is 4.74 Å². The van der Waals surface area contributed by atoms with Crippen LogP contribution in [-0.4, -0.2) is 31.8 Å². The first kappa shape index (κ1) is 19.4. The molecule has 0 spiro atoms. The second-order valence-electron chi connectivity index (χ2n) is 6.87. The van der Waals surface area contributed by atoms with E-state index in [0.717, 1.165) is 0 Å². The Balaban J connectivity index is 4.82. The first-order valence-electron chi connectivity index (χ1n) is 7.07. The second kappa shape index (κ2) is 7.41. The van der Waals surface area contributed by atoms with Crippen LogP contribution < -0.4 is 4.72 Å². The third-order valence-corrected chi connectivity index (χ3v) is 3.98. The number of carbonyl (C=O) groups is 1. The smallest absolute Gasteiger partial charge is 0.324 e. The van der Waals surface area contributed by atoms with Crippen LogP contribution in [0.2, 0.25) is 0 Å². The highest BCUT2D eigenvalue weighted by Gasteiger charge is 2.31. The average Bonchev–Trinajstić information content (AvgIpc) is 2.20. The third-order valence-electron chi connectivity index (χ3n) is 2.60. The monoisotopic (exact) mass is 307 g/mol. The van der Waals surface area contributed by atoms with Crippen molar-refractivity contribution in [3.05, 3.63) is 0 Å². The Hall–Kier alpha value is -0.620. The van der Waals surface area contributed by atoms with E-state index in [1.807, 2.05) is 13.8 Å². The number of rotatable bonds is 7. The summed E-state index contributed by atoms with van der Waals surface area (Å²) >= 11 is 0. The highest BCUT2D eigenvalue weighted by molar-refractivity contribution is 7.89. The first-order chi connectivity index (χ1) is 8.84. The van der Waals surface area contributed by atoms with E-state index < -0.39 is 27.6 Å². The molecule has 0 aromatic rings. The topological polar surface area (TPSA) is 72.5 Å². The predicted octanol–water partition coefficient (Wildman–Crippen LogP) is 2.32. The molecule has 0 saturated carbocycles. The van der Waals surface area contributed by atoms with Crippen LogP contribution in [0.25, 0.3) is 0 Å². The summed E-state index contributed by atoms with van der Waals surface area (Å²) in [5, 5.41) is 0. The van der Waals surface area contributed by atoms with Crippen molar-refractivity contribution >= 4 is 16.0 Å². The zero-order valence-electron chi connectivity index (χ0n) is 13.7. The number of nitrogens with one attached hydrogen (secondary N) is 1. The molecular formula is C14H29NO4S. The second-order valence-corrected chi connectivity index (χ2v) is 8.75. The highest BCUT2D eigenvalue weighted by atomic mass is 32.2. The van der Waals surface area contributed by atoms with Gasteiger partial charge in [-0.2, -0.15) is 0 Å². The summed E-state index contributed by atoms with van der Waals surface area (Å²) in [5.41, 5.74) is -0.631. The molecular weight excluding hydrogens is 278 g/mol. The van der Waals surface area contributed by atoms with Crippen molar-refractivity contribution in [2.45, 2.75) is 66.5 Å². The molecule has 120 valence electrons. The van der Waals surface area contributed by atoms with Gasteiger partial charge in [-0.05, 0) is 39.0 Å². The van der Waals surface area contributed by atoms with Gasteiger partial charge in [0.25, 0.3) is 0 Å². The maximum absolute atomic E-state index is 12.1. The van der Waals surface area contributed by atoms with Crippen LogP contribution in [0.4, 0.5) is 0 Å². The van der Waals surface area contributed by atoms with Gasteiger partial charge in [0, 0.05) is 0 Å². The van der Waals surface area contributed by atoms with Gasteiger partial charge in [0.1, 0.15) is 11.6 Å². The van der Waals surface area contributed by atoms with Crippen molar-refractivity contribution in [1.82, 2.24) is 4.72 Å². The summed E-state index contributed by atoms with van der Waals surface area (Å²) in [7, 11) is -3.47. The Bertz CT molecular complexity index is 407. The summed E-state index contributed by atoms with van der Waals surface area (Å²) in [4.78, 5) is 12.1. The van der Waals surface area contributed by atoms with Crippen LogP contribution in [0.15, 0.2) is 0 Å². The number of hydrogen-bond donors (Lipinski definition) is 1. The summed E-state index contributed by atoms with van der Waals surface area (Å²) in [6, 6.07) is -0.841. The van der Waals surface area contributed by atoms with E-state index in [1.165, 1.54) is 0 Å². The fourth-order valence-corrected chi connectivity index (χ4v) is 3.12. The maximum Gasteiger partial charge on any atom is 0.324 e. The zero-order valence-corrected chi connectivity index (χ0v) is 14.5. The van der Waals surface area contributed by atoms with Gasteiger partial charge in [-0.3, -0.25) is 4.79 Å². The number of hydrogen-bond acceptors (Lipinski definition) is 4. The van der Waals surface area contributed by atoms with Gasteiger partial charge in [-0.25, -0.2) is 13.1 Å². The lowest BCUT2D eigenvalue weighted by Gasteiger charge is -2.26. The van der Waals surface area contributed by atoms with Crippen molar-refractivity contribution < 1.29 is 17.9 Å². The molecule has 6 heteroatoms. The minimum atomic E-state index is -3.47. The lowest BCUT2D eigenvalue weighted by molar-refractivity contribution is -0.158. The normalized spacial score (nSPS) is 14.7. The number of esters is 1. The molecule has 0 aliphatic rings. The zero-order chi connectivity index (χ0) is 16.1. The Morgan fingerprint density at radius 1 is 1.15 bits per heavy atom. The number of ether oxygens (including phenoxy) is 1. The van der Waals surface area contributed by atoms with E-state index in [0.29, 0.717) is 12.3 Å². The molecule has 5 nitrogen and oxygen atoms in total. The van der Waals surface area contributed by atoms with Gasteiger partial charge in [-0.15, -0.1) is 0 Å². The molecule has 0 saturated heterocycles. The van der Waals surface area contributed by atoms with Gasteiger partial charge in [-0.1, -0.05) is 27.7 Å². The minimum absolute atomic E-state index is 0.0245. The van der Waals surface area contributed by atoms with E-state index in [9.17, 15) is 13.2 Å². The van der Waals surface area contributed by atoms with Gasteiger partial charge in [0.05, 0.1) is 5.75 Å². The molecule has 0 aromatic heterocycles. The van der Waals surface area contributed by atoms with Crippen LogP contribution in [-0.2, 0) is 19.6 Å². The van der Waals surface area contributed by atoms with Crippen molar-refractivity contribution in [3.63, 3.8) is 0 Å².